The number of Topliss-reactive ketones (excluding diaryl/α,β-unsaturated/α-hetero) is 1. The minimum absolute atomic E-state index is 0.269. The number of benzene rings is 2. The molecule has 5 heteroatoms. The van der Waals surface area contributed by atoms with Crippen LogP contribution in [0, 0.1) is 18.3 Å². The van der Waals surface area contributed by atoms with Gasteiger partial charge in [0.1, 0.15) is 0 Å². The molecule has 1 aliphatic rings. The van der Waals surface area contributed by atoms with Crippen LogP contribution in [0.25, 0.3) is 0 Å². The average molecular weight is 352 g/mol. The van der Waals surface area contributed by atoms with E-state index in [2.05, 4.69) is 0 Å². The Labute approximate surface area is 151 Å². The fourth-order valence-corrected chi connectivity index (χ4v) is 3.69. The second kappa shape index (κ2) is 6.75. The van der Waals surface area contributed by atoms with Crippen LogP contribution in [0.2, 0.25) is 0 Å². The van der Waals surface area contributed by atoms with Gasteiger partial charge < -0.3 is 9.47 Å². The summed E-state index contributed by atoms with van der Waals surface area (Å²) in [6.45, 7) is 1.92. The Morgan fingerprint density at radius 3 is 1.88 bits per heavy atom. The van der Waals surface area contributed by atoms with Gasteiger partial charge in [-0.2, -0.15) is 0 Å². The van der Waals surface area contributed by atoms with Crippen LogP contribution in [0.4, 0.5) is 0 Å². The summed E-state index contributed by atoms with van der Waals surface area (Å²) in [7, 11) is 2.42. The zero-order valence-electron chi connectivity index (χ0n) is 14.9. The number of hydrogen-bond acceptors (Lipinski definition) is 5. The highest BCUT2D eigenvalue weighted by molar-refractivity contribution is 6.16. The third kappa shape index (κ3) is 2.60. The van der Waals surface area contributed by atoms with Gasteiger partial charge in [-0.25, -0.2) is 0 Å². The largest absolute Gasteiger partial charge is 0.468 e. The predicted octanol–water partition coefficient (Wildman–Crippen LogP) is 2.92. The number of esters is 2. The van der Waals surface area contributed by atoms with Crippen molar-refractivity contribution in [2.45, 2.75) is 12.8 Å². The molecule has 0 N–H and O–H groups in total. The lowest BCUT2D eigenvalue weighted by Crippen LogP contribution is -2.33. The number of rotatable bonds is 5. The van der Waals surface area contributed by atoms with E-state index in [1.54, 1.807) is 36.4 Å². The van der Waals surface area contributed by atoms with Crippen LogP contribution in [0.3, 0.4) is 0 Å². The van der Waals surface area contributed by atoms with E-state index in [1.807, 2.05) is 25.1 Å². The second-order valence-corrected chi connectivity index (χ2v) is 6.45. The number of carbonyl (C=O) groups excluding carboxylic acids is 3. The van der Waals surface area contributed by atoms with Crippen molar-refractivity contribution in [2.75, 3.05) is 14.2 Å². The first-order valence-electron chi connectivity index (χ1n) is 8.31. The molecule has 2 atom stereocenters. The van der Waals surface area contributed by atoms with Crippen molar-refractivity contribution in [3.8, 4) is 0 Å². The molecule has 1 fully saturated rings. The lowest BCUT2D eigenvalue weighted by molar-refractivity contribution is -0.162. The molecule has 0 aliphatic heterocycles. The smallest absolute Gasteiger partial charge is 0.324 e. The monoisotopic (exact) mass is 352 g/mol. The molecule has 0 radical (unpaired) electrons. The number of aryl methyl sites for hydroxylation is 1. The Morgan fingerprint density at radius 2 is 1.38 bits per heavy atom. The Kier molecular flexibility index (Phi) is 4.64. The van der Waals surface area contributed by atoms with E-state index in [4.69, 9.17) is 9.47 Å². The molecular formula is C21H20O5. The quantitative estimate of drug-likeness (QED) is 0.470. The molecule has 0 saturated heterocycles. The predicted molar refractivity (Wildman–Crippen MR) is 94.6 cm³/mol. The minimum Gasteiger partial charge on any atom is -0.468 e. The second-order valence-electron chi connectivity index (χ2n) is 6.45. The topological polar surface area (TPSA) is 69.7 Å². The molecule has 0 unspecified atom stereocenters. The van der Waals surface area contributed by atoms with Crippen molar-refractivity contribution in [2.24, 2.45) is 11.3 Å². The van der Waals surface area contributed by atoms with Gasteiger partial charge in [0, 0.05) is 11.5 Å². The van der Waals surface area contributed by atoms with Gasteiger partial charge in [0.2, 0.25) is 0 Å². The summed E-state index contributed by atoms with van der Waals surface area (Å²) in [5.41, 5.74) is 0.557. The lowest BCUT2D eigenvalue weighted by atomic mass is 9.97. The van der Waals surface area contributed by atoms with Crippen molar-refractivity contribution in [3.63, 3.8) is 0 Å². The minimum atomic E-state index is -1.65. The number of methoxy groups -OCH3 is 2. The van der Waals surface area contributed by atoms with Gasteiger partial charge in [-0.1, -0.05) is 60.2 Å². The molecule has 134 valence electrons. The Balaban J connectivity index is 2.10. The Bertz CT molecular complexity index is 822. The van der Waals surface area contributed by atoms with Crippen LogP contribution in [-0.2, 0) is 19.1 Å². The van der Waals surface area contributed by atoms with Crippen molar-refractivity contribution in [1.29, 1.82) is 0 Å². The molecule has 0 amide bonds. The number of ketones is 1. The first-order chi connectivity index (χ1) is 12.5. The average Bonchev–Trinajstić information content (AvgIpc) is 3.38. The maximum Gasteiger partial charge on any atom is 0.324 e. The number of carbonyl (C=O) groups is 3. The van der Waals surface area contributed by atoms with Crippen LogP contribution in [0.1, 0.15) is 27.4 Å². The molecule has 3 rings (SSSR count). The molecular weight excluding hydrogens is 332 g/mol. The van der Waals surface area contributed by atoms with Crippen molar-refractivity contribution >= 4 is 17.7 Å². The van der Waals surface area contributed by atoms with Gasteiger partial charge in [0.25, 0.3) is 0 Å². The van der Waals surface area contributed by atoms with Gasteiger partial charge in [0.05, 0.1) is 20.1 Å². The van der Waals surface area contributed by atoms with Crippen LogP contribution in [0.15, 0.2) is 54.6 Å². The van der Waals surface area contributed by atoms with Crippen LogP contribution in [-0.4, -0.2) is 31.9 Å². The summed E-state index contributed by atoms with van der Waals surface area (Å²) in [4.78, 5) is 38.4. The zero-order chi connectivity index (χ0) is 18.9. The highest BCUT2D eigenvalue weighted by Gasteiger charge is 2.79. The molecule has 2 aromatic rings. The van der Waals surface area contributed by atoms with E-state index >= 15 is 0 Å². The lowest BCUT2D eigenvalue weighted by Gasteiger charge is -2.13. The summed E-state index contributed by atoms with van der Waals surface area (Å²) < 4.78 is 9.79. The van der Waals surface area contributed by atoms with Gasteiger partial charge in [-0.3, -0.25) is 14.4 Å². The van der Waals surface area contributed by atoms with E-state index < -0.39 is 29.2 Å². The molecule has 5 nitrogen and oxygen atoms in total. The summed E-state index contributed by atoms with van der Waals surface area (Å²) in [6, 6.07) is 16.1. The Morgan fingerprint density at radius 1 is 0.846 bits per heavy atom. The molecule has 0 aromatic heterocycles. The third-order valence-electron chi connectivity index (χ3n) is 5.03. The van der Waals surface area contributed by atoms with Gasteiger partial charge >= 0.3 is 11.9 Å². The van der Waals surface area contributed by atoms with Crippen LogP contribution >= 0.6 is 0 Å². The van der Waals surface area contributed by atoms with Crippen molar-refractivity contribution in [3.05, 3.63) is 71.3 Å². The fourth-order valence-electron chi connectivity index (χ4n) is 3.69. The molecule has 1 aliphatic carbocycles. The maximum absolute atomic E-state index is 13.1. The normalized spacial score (nSPS) is 20.1. The first-order valence-corrected chi connectivity index (χ1v) is 8.31. The molecule has 26 heavy (non-hydrogen) atoms. The summed E-state index contributed by atoms with van der Waals surface area (Å²) in [6.07, 6.45) is 0. The number of hydrogen-bond donors (Lipinski definition) is 0. The van der Waals surface area contributed by atoms with E-state index in [-0.39, 0.29) is 5.78 Å². The summed E-state index contributed by atoms with van der Waals surface area (Å²) >= 11 is 0. The van der Waals surface area contributed by atoms with Crippen molar-refractivity contribution in [1.82, 2.24) is 0 Å². The highest BCUT2D eigenvalue weighted by atomic mass is 16.5. The molecule has 0 heterocycles. The SMILES string of the molecule is COC(=O)C1(C(=O)OC)[C@@H](C(=O)c2ccc(C)cc2)[C@@H]1c1ccccc1. The standard InChI is InChI=1S/C21H20O5/c1-13-9-11-15(12-10-13)18(22)17-16(14-7-5-4-6-8-14)21(17,19(23)25-2)20(24)26-3/h4-12,16-17H,1-3H3/t16-,17+/m0/s1. The highest BCUT2D eigenvalue weighted by Crippen LogP contribution is 2.67. The number of ether oxygens (including phenoxy) is 2. The van der Waals surface area contributed by atoms with Gasteiger partial charge in [-0.05, 0) is 12.5 Å². The first kappa shape index (κ1) is 17.9. The van der Waals surface area contributed by atoms with Gasteiger partial charge in [0.15, 0.2) is 11.2 Å². The molecule has 0 bridgehead atoms. The molecule has 2 aromatic carbocycles. The molecule has 1 saturated carbocycles. The fraction of sp³-hybridized carbons (Fsp3) is 0.286. The summed E-state index contributed by atoms with van der Waals surface area (Å²) in [5.74, 6) is -3.23. The van der Waals surface area contributed by atoms with E-state index in [9.17, 15) is 14.4 Å². The third-order valence-corrected chi connectivity index (χ3v) is 5.03. The van der Waals surface area contributed by atoms with E-state index in [0.717, 1.165) is 11.1 Å². The zero-order valence-corrected chi connectivity index (χ0v) is 14.9. The summed E-state index contributed by atoms with van der Waals surface area (Å²) in [5, 5.41) is 0. The van der Waals surface area contributed by atoms with Crippen molar-refractivity contribution < 1.29 is 23.9 Å². The molecule has 0 spiro atoms. The van der Waals surface area contributed by atoms with E-state index in [0.29, 0.717) is 5.56 Å². The van der Waals surface area contributed by atoms with Gasteiger partial charge in [-0.15, -0.1) is 0 Å². The van der Waals surface area contributed by atoms with Crippen LogP contribution < -0.4 is 0 Å². The van der Waals surface area contributed by atoms with E-state index in [1.165, 1.54) is 14.2 Å². The van der Waals surface area contributed by atoms with Crippen LogP contribution in [0.5, 0.6) is 0 Å². The Hall–Kier alpha value is -2.95. The maximum atomic E-state index is 13.1.